The van der Waals surface area contributed by atoms with Crippen LogP contribution in [0.5, 0.6) is 0 Å². The lowest BCUT2D eigenvalue weighted by atomic mass is 9.52. The van der Waals surface area contributed by atoms with Gasteiger partial charge in [-0.2, -0.15) is 0 Å². The molecule has 3 fully saturated rings. The van der Waals surface area contributed by atoms with Gasteiger partial charge in [0, 0.05) is 37.9 Å². The van der Waals surface area contributed by atoms with E-state index in [9.17, 15) is 10.2 Å². The molecule has 0 bridgehead atoms. The van der Waals surface area contributed by atoms with Crippen molar-refractivity contribution >= 4 is 0 Å². The third kappa shape index (κ3) is 2.54. The van der Waals surface area contributed by atoms with E-state index in [0.29, 0.717) is 17.8 Å². The first-order valence-corrected chi connectivity index (χ1v) is 11.5. The molecule has 1 spiro atoms. The zero-order valence-electron chi connectivity index (χ0n) is 18.2. The summed E-state index contributed by atoms with van der Waals surface area (Å²) in [5.74, 6) is 7.45. The monoisotopic (exact) mass is 400 g/mol. The molecule has 3 saturated carbocycles. The van der Waals surface area contributed by atoms with Gasteiger partial charge in [0.25, 0.3) is 0 Å². The first-order valence-electron chi connectivity index (χ1n) is 11.5. The SMILES string of the molecule is COC1(OC)CCC2=C(CCC3C2CCC2(C)C3CC3(CC3)C2(O)C#CCO)C1. The highest BCUT2D eigenvalue weighted by Crippen LogP contribution is 2.76. The van der Waals surface area contributed by atoms with Crippen LogP contribution in [0.2, 0.25) is 0 Å². The number of hydrogen-bond donors (Lipinski definition) is 2. The normalized spacial score (nSPS) is 43.8. The number of hydrogen-bond acceptors (Lipinski definition) is 4. The van der Waals surface area contributed by atoms with Crippen LogP contribution in [0.4, 0.5) is 0 Å². The van der Waals surface area contributed by atoms with Crippen LogP contribution in [-0.2, 0) is 9.47 Å². The van der Waals surface area contributed by atoms with Crippen molar-refractivity contribution in [1.29, 1.82) is 0 Å². The van der Waals surface area contributed by atoms with Gasteiger partial charge in [-0.15, -0.1) is 0 Å². The minimum absolute atomic E-state index is 0.0219. The van der Waals surface area contributed by atoms with Crippen molar-refractivity contribution < 1.29 is 19.7 Å². The van der Waals surface area contributed by atoms with Crippen molar-refractivity contribution in [3.8, 4) is 11.8 Å². The molecule has 0 amide bonds. The number of aliphatic hydroxyl groups is 2. The molecule has 29 heavy (non-hydrogen) atoms. The molecule has 0 saturated heterocycles. The van der Waals surface area contributed by atoms with Crippen molar-refractivity contribution in [3.63, 3.8) is 0 Å². The van der Waals surface area contributed by atoms with Crippen molar-refractivity contribution in [2.45, 2.75) is 82.5 Å². The van der Waals surface area contributed by atoms with Crippen LogP contribution in [0.15, 0.2) is 11.1 Å². The molecule has 160 valence electrons. The van der Waals surface area contributed by atoms with Gasteiger partial charge in [-0.1, -0.05) is 29.9 Å². The highest BCUT2D eigenvalue weighted by Gasteiger charge is 2.75. The Morgan fingerprint density at radius 2 is 1.83 bits per heavy atom. The minimum Gasteiger partial charge on any atom is -0.384 e. The third-order valence-electron chi connectivity index (χ3n) is 9.92. The van der Waals surface area contributed by atoms with Crippen molar-refractivity contribution in [1.82, 2.24) is 0 Å². The van der Waals surface area contributed by atoms with Gasteiger partial charge in [-0.05, 0) is 69.1 Å². The molecular weight excluding hydrogens is 364 g/mol. The molecular formula is C25H36O4. The molecule has 5 atom stereocenters. The van der Waals surface area contributed by atoms with E-state index in [1.54, 1.807) is 25.4 Å². The maximum absolute atomic E-state index is 11.9. The quantitative estimate of drug-likeness (QED) is 0.420. The van der Waals surface area contributed by atoms with Gasteiger partial charge in [-0.3, -0.25) is 0 Å². The fourth-order valence-electron chi connectivity index (χ4n) is 8.10. The lowest BCUT2D eigenvalue weighted by Gasteiger charge is -2.54. The zero-order valence-corrected chi connectivity index (χ0v) is 18.2. The summed E-state index contributed by atoms with van der Waals surface area (Å²) in [6, 6.07) is 0. The Hall–Kier alpha value is -0.860. The molecule has 2 N–H and O–H groups in total. The fraction of sp³-hybridized carbons (Fsp3) is 0.840. The van der Waals surface area contributed by atoms with Crippen LogP contribution in [0.1, 0.15) is 71.1 Å². The topological polar surface area (TPSA) is 58.9 Å². The van der Waals surface area contributed by atoms with Crippen molar-refractivity contribution in [3.05, 3.63) is 11.1 Å². The lowest BCUT2D eigenvalue weighted by Crippen LogP contribution is -2.53. The fourth-order valence-corrected chi connectivity index (χ4v) is 8.10. The van der Waals surface area contributed by atoms with Crippen LogP contribution in [0.3, 0.4) is 0 Å². The van der Waals surface area contributed by atoms with E-state index in [0.717, 1.165) is 57.8 Å². The molecule has 0 aromatic rings. The first kappa shape index (κ1) is 20.1. The maximum Gasteiger partial charge on any atom is 0.171 e. The number of rotatable bonds is 2. The van der Waals surface area contributed by atoms with Crippen LogP contribution in [-0.4, -0.2) is 42.4 Å². The molecule has 4 heteroatoms. The van der Waals surface area contributed by atoms with Gasteiger partial charge in [0.2, 0.25) is 0 Å². The van der Waals surface area contributed by atoms with Crippen molar-refractivity contribution in [2.75, 3.05) is 20.8 Å². The van der Waals surface area contributed by atoms with E-state index in [2.05, 4.69) is 18.8 Å². The van der Waals surface area contributed by atoms with Crippen LogP contribution in [0, 0.1) is 40.4 Å². The molecule has 5 aliphatic rings. The lowest BCUT2D eigenvalue weighted by molar-refractivity contribution is -0.213. The van der Waals surface area contributed by atoms with Gasteiger partial charge in [0.15, 0.2) is 5.79 Å². The van der Waals surface area contributed by atoms with E-state index in [1.165, 1.54) is 6.42 Å². The minimum atomic E-state index is -0.930. The van der Waals surface area contributed by atoms with Gasteiger partial charge < -0.3 is 19.7 Å². The van der Waals surface area contributed by atoms with E-state index in [1.807, 2.05) is 0 Å². The highest BCUT2D eigenvalue weighted by atomic mass is 16.7. The van der Waals surface area contributed by atoms with E-state index >= 15 is 0 Å². The Labute approximate surface area is 175 Å². The smallest absolute Gasteiger partial charge is 0.171 e. The van der Waals surface area contributed by atoms with E-state index in [-0.39, 0.29) is 17.4 Å². The van der Waals surface area contributed by atoms with Crippen LogP contribution >= 0.6 is 0 Å². The highest BCUT2D eigenvalue weighted by molar-refractivity contribution is 5.37. The molecule has 0 aliphatic heterocycles. The average Bonchev–Trinajstić information content (AvgIpc) is 3.50. The van der Waals surface area contributed by atoms with Gasteiger partial charge in [-0.25, -0.2) is 0 Å². The molecule has 5 unspecified atom stereocenters. The van der Waals surface area contributed by atoms with E-state index < -0.39 is 11.4 Å². The number of ether oxygens (including phenoxy) is 2. The molecule has 0 aromatic heterocycles. The number of methoxy groups -OCH3 is 2. The average molecular weight is 401 g/mol. The first-order chi connectivity index (χ1) is 13.9. The summed E-state index contributed by atoms with van der Waals surface area (Å²) in [5.41, 5.74) is 2.17. The molecule has 5 rings (SSSR count). The van der Waals surface area contributed by atoms with Crippen LogP contribution < -0.4 is 0 Å². The summed E-state index contributed by atoms with van der Waals surface area (Å²) in [4.78, 5) is 0. The second kappa shape index (κ2) is 6.57. The summed E-state index contributed by atoms with van der Waals surface area (Å²) in [6.07, 6.45) is 10.8. The third-order valence-corrected chi connectivity index (χ3v) is 9.92. The number of aliphatic hydroxyl groups excluding tert-OH is 1. The summed E-state index contributed by atoms with van der Waals surface area (Å²) >= 11 is 0. The summed E-state index contributed by atoms with van der Waals surface area (Å²) in [7, 11) is 3.54. The van der Waals surface area contributed by atoms with E-state index in [4.69, 9.17) is 9.47 Å². The zero-order chi connectivity index (χ0) is 20.5. The predicted octanol–water partition coefficient (Wildman–Crippen LogP) is 3.81. The maximum atomic E-state index is 11.9. The molecule has 0 heterocycles. The molecule has 5 aliphatic carbocycles. The Morgan fingerprint density at radius 3 is 2.48 bits per heavy atom. The standard InChI is InChI=1S/C25H36O4/c1-22-10-7-19-18-8-11-24(28-2,29-3)15-17(18)5-6-20(19)21(22)16-23(12-13-23)25(22,27)9-4-14-26/h19-21,26-27H,5-8,10-16H2,1-3H3. The Kier molecular flexibility index (Phi) is 4.54. The van der Waals surface area contributed by atoms with Gasteiger partial charge >= 0.3 is 0 Å². The van der Waals surface area contributed by atoms with Gasteiger partial charge in [0.05, 0.1) is 0 Å². The largest absolute Gasteiger partial charge is 0.384 e. The Bertz CT molecular complexity index is 780. The number of fused-ring (bicyclic) bond motifs is 4. The van der Waals surface area contributed by atoms with Crippen molar-refractivity contribution in [2.24, 2.45) is 28.6 Å². The summed E-state index contributed by atoms with van der Waals surface area (Å²) in [5, 5.41) is 21.2. The second-order valence-corrected chi connectivity index (χ2v) is 10.7. The molecule has 0 aromatic carbocycles. The molecule has 4 nitrogen and oxygen atoms in total. The Balaban J connectivity index is 1.47. The summed E-state index contributed by atoms with van der Waals surface area (Å²) in [6.45, 7) is 2.14. The van der Waals surface area contributed by atoms with Crippen LogP contribution in [0.25, 0.3) is 0 Å². The predicted molar refractivity (Wildman–Crippen MR) is 111 cm³/mol. The second-order valence-electron chi connectivity index (χ2n) is 10.7. The number of allylic oxidation sites excluding steroid dienone is 1. The Morgan fingerprint density at radius 1 is 1.07 bits per heavy atom. The summed E-state index contributed by atoms with van der Waals surface area (Å²) < 4.78 is 11.5. The van der Waals surface area contributed by atoms with Gasteiger partial charge in [0.1, 0.15) is 12.2 Å². The molecule has 0 radical (unpaired) electrons.